The molecular weight excluding hydrogens is 282 g/mol. The molecule has 0 heterocycles. The van der Waals surface area contributed by atoms with Gasteiger partial charge in [0.2, 0.25) is 5.91 Å². The molecule has 0 aliphatic carbocycles. The lowest BCUT2D eigenvalue weighted by Gasteiger charge is -2.08. The first kappa shape index (κ1) is 14.2. The summed E-state index contributed by atoms with van der Waals surface area (Å²) in [6.45, 7) is 2.25. The van der Waals surface area contributed by atoms with Crippen molar-refractivity contribution in [2.24, 2.45) is 0 Å². The number of rotatable bonds is 6. The average molecular weight is 300 g/mol. The predicted octanol–water partition coefficient (Wildman–Crippen LogP) is 3.38. The standard InChI is InChI=1S/C13H18BrNO2/c1-3-4-5-10-6-7-12(11(14)8-10)15-13(16)9-17-2/h6-8H,3-5,9H2,1-2H3,(H,15,16). The molecule has 0 aliphatic rings. The molecule has 0 spiro atoms. The van der Waals surface area contributed by atoms with Gasteiger partial charge in [0.25, 0.3) is 0 Å². The lowest BCUT2D eigenvalue weighted by atomic mass is 10.1. The highest BCUT2D eigenvalue weighted by atomic mass is 79.9. The quantitative estimate of drug-likeness (QED) is 0.874. The Morgan fingerprint density at radius 2 is 2.24 bits per heavy atom. The fraction of sp³-hybridized carbons (Fsp3) is 0.462. The first-order chi connectivity index (χ1) is 8.17. The third-order valence-electron chi connectivity index (χ3n) is 2.40. The lowest BCUT2D eigenvalue weighted by Crippen LogP contribution is -2.17. The molecule has 1 aromatic rings. The predicted molar refractivity (Wildman–Crippen MR) is 73.3 cm³/mol. The van der Waals surface area contributed by atoms with E-state index in [-0.39, 0.29) is 12.5 Å². The van der Waals surface area contributed by atoms with Gasteiger partial charge in [0, 0.05) is 11.6 Å². The van der Waals surface area contributed by atoms with Crippen molar-refractivity contribution in [3.8, 4) is 0 Å². The van der Waals surface area contributed by atoms with Crippen LogP contribution in [-0.2, 0) is 16.0 Å². The number of ether oxygens (including phenoxy) is 1. The molecule has 0 saturated heterocycles. The number of amides is 1. The van der Waals surface area contributed by atoms with Crippen LogP contribution in [0.5, 0.6) is 0 Å². The average Bonchev–Trinajstić information content (AvgIpc) is 2.30. The minimum absolute atomic E-state index is 0.0734. The van der Waals surface area contributed by atoms with Crippen molar-refractivity contribution in [1.29, 1.82) is 0 Å². The van der Waals surface area contributed by atoms with Gasteiger partial charge >= 0.3 is 0 Å². The molecule has 1 rings (SSSR count). The van der Waals surface area contributed by atoms with Crippen molar-refractivity contribution in [3.63, 3.8) is 0 Å². The molecular formula is C13H18BrNO2. The number of halogens is 1. The van der Waals surface area contributed by atoms with E-state index in [0.717, 1.165) is 16.6 Å². The third-order valence-corrected chi connectivity index (χ3v) is 3.06. The van der Waals surface area contributed by atoms with Crippen LogP contribution in [-0.4, -0.2) is 19.6 Å². The maximum Gasteiger partial charge on any atom is 0.250 e. The number of unbranched alkanes of at least 4 members (excludes halogenated alkanes) is 1. The van der Waals surface area contributed by atoms with Crippen molar-refractivity contribution in [2.45, 2.75) is 26.2 Å². The normalized spacial score (nSPS) is 10.3. The number of hydrogen-bond acceptors (Lipinski definition) is 2. The number of anilines is 1. The van der Waals surface area contributed by atoms with E-state index in [1.165, 1.54) is 25.5 Å². The number of hydrogen-bond donors (Lipinski definition) is 1. The summed E-state index contributed by atoms with van der Waals surface area (Å²) in [5, 5.41) is 2.78. The minimum atomic E-state index is -0.144. The van der Waals surface area contributed by atoms with Crippen molar-refractivity contribution in [2.75, 3.05) is 19.0 Å². The van der Waals surface area contributed by atoms with E-state index in [4.69, 9.17) is 4.74 Å². The van der Waals surface area contributed by atoms with Gasteiger partial charge in [0.15, 0.2) is 0 Å². The summed E-state index contributed by atoms with van der Waals surface area (Å²) in [5.74, 6) is -0.144. The molecule has 0 aliphatic heterocycles. The molecule has 1 aromatic carbocycles. The monoisotopic (exact) mass is 299 g/mol. The summed E-state index contributed by atoms with van der Waals surface area (Å²) in [6.07, 6.45) is 3.44. The second-order valence-electron chi connectivity index (χ2n) is 3.90. The zero-order valence-corrected chi connectivity index (χ0v) is 11.8. The van der Waals surface area contributed by atoms with Crippen molar-refractivity contribution in [3.05, 3.63) is 28.2 Å². The SMILES string of the molecule is CCCCc1ccc(NC(=O)COC)c(Br)c1. The van der Waals surface area contributed by atoms with Crippen LogP contribution < -0.4 is 5.32 Å². The molecule has 0 fully saturated rings. The van der Waals surface area contributed by atoms with Crippen LogP contribution >= 0.6 is 15.9 Å². The third kappa shape index (κ3) is 4.88. The number of benzene rings is 1. The Labute approximate surface area is 111 Å². The Balaban J connectivity index is 2.65. The summed E-state index contributed by atoms with van der Waals surface area (Å²) < 4.78 is 5.68. The highest BCUT2D eigenvalue weighted by Gasteiger charge is 2.05. The largest absolute Gasteiger partial charge is 0.375 e. The van der Waals surface area contributed by atoms with Crippen molar-refractivity contribution >= 4 is 27.5 Å². The molecule has 0 unspecified atom stereocenters. The fourth-order valence-electron chi connectivity index (χ4n) is 1.51. The highest BCUT2D eigenvalue weighted by Crippen LogP contribution is 2.24. The Morgan fingerprint density at radius 1 is 1.47 bits per heavy atom. The first-order valence-electron chi connectivity index (χ1n) is 5.74. The van der Waals surface area contributed by atoms with Gasteiger partial charge in [-0.05, 0) is 46.5 Å². The van der Waals surface area contributed by atoms with Crippen LogP contribution in [0.4, 0.5) is 5.69 Å². The van der Waals surface area contributed by atoms with Crippen LogP contribution in [0.1, 0.15) is 25.3 Å². The van der Waals surface area contributed by atoms with Gasteiger partial charge in [0.1, 0.15) is 6.61 Å². The summed E-state index contributed by atoms with van der Waals surface area (Å²) in [5.41, 5.74) is 2.07. The topological polar surface area (TPSA) is 38.3 Å². The van der Waals surface area contributed by atoms with Crippen LogP contribution in [0, 0.1) is 0 Å². The first-order valence-corrected chi connectivity index (χ1v) is 6.54. The smallest absolute Gasteiger partial charge is 0.250 e. The van der Waals surface area contributed by atoms with Crippen LogP contribution in [0.15, 0.2) is 22.7 Å². The maximum absolute atomic E-state index is 11.4. The molecule has 0 radical (unpaired) electrons. The van der Waals surface area contributed by atoms with Crippen molar-refractivity contribution in [1.82, 2.24) is 0 Å². The van der Waals surface area contributed by atoms with E-state index in [9.17, 15) is 4.79 Å². The van der Waals surface area contributed by atoms with E-state index in [2.05, 4.69) is 34.2 Å². The Morgan fingerprint density at radius 3 is 2.82 bits per heavy atom. The maximum atomic E-state index is 11.4. The summed E-state index contributed by atoms with van der Waals surface area (Å²) in [6, 6.07) is 6.02. The zero-order valence-electron chi connectivity index (χ0n) is 10.3. The fourth-order valence-corrected chi connectivity index (χ4v) is 2.04. The van der Waals surface area contributed by atoms with Crippen LogP contribution in [0.2, 0.25) is 0 Å². The number of carbonyl (C=O) groups is 1. The molecule has 0 bridgehead atoms. The highest BCUT2D eigenvalue weighted by molar-refractivity contribution is 9.10. The van der Waals surface area contributed by atoms with E-state index in [0.29, 0.717) is 0 Å². The molecule has 0 saturated carbocycles. The Kier molecular flexibility index (Phi) is 6.22. The van der Waals surface area contributed by atoms with Gasteiger partial charge in [-0.25, -0.2) is 0 Å². The Bertz CT molecular complexity index is 380. The van der Waals surface area contributed by atoms with Gasteiger partial charge in [-0.2, -0.15) is 0 Å². The van der Waals surface area contributed by atoms with Crippen LogP contribution in [0.3, 0.4) is 0 Å². The van der Waals surface area contributed by atoms with Crippen molar-refractivity contribution < 1.29 is 9.53 Å². The molecule has 1 N–H and O–H groups in total. The van der Waals surface area contributed by atoms with Crippen LogP contribution in [0.25, 0.3) is 0 Å². The van der Waals surface area contributed by atoms with Gasteiger partial charge in [-0.3, -0.25) is 4.79 Å². The van der Waals surface area contributed by atoms with Gasteiger partial charge in [-0.1, -0.05) is 19.4 Å². The van der Waals surface area contributed by atoms with Gasteiger partial charge < -0.3 is 10.1 Å². The molecule has 94 valence electrons. The van der Waals surface area contributed by atoms with E-state index in [1.54, 1.807) is 0 Å². The summed E-state index contributed by atoms with van der Waals surface area (Å²) in [4.78, 5) is 11.4. The van der Waals surface area contributed by atoms with E-state index >= 15 is 0 Å². The second kappa shape index (κ2) is 7.45. The molecule has 3 nitrogen and oxygen atoms in total. The zero-order chi connectivity index (χ0) is 12.7. The molecule has 17 heavy (non-hydrogen) atoms. The summed E-state index contributed by atoms with van der Waals surface area (Å²) in [7, 11) is 1.50. The second-order valence-corrected chi connectivity index (χ2v) is 4.75. The molecule has 4 heteroatoms. The molecule has 0 atom stereocenters. The number of methoxy groups -OCH3 is 1. The van der Waals surface area contributed by atoms with E-state index < -0.39 is 0 Å². The van der Waals surface area contributed by atoms with Gasteiger partial charge in [0.05, 0.1) is 5.69 Å². The van der Waals surface area contributed by atoms with Gasteiger partial charge in [-0.15, -0.1) is 0 Å². The molecule has 1 amide bonds. The lowest BCUT2D eigenvalue weighted by molar-refractivity contribution is -0.119. The van der Waals surface area contributed by atoms with E-state index in [1.807, 2.05) is 12.1 Å². The molecule has 0 aromatic heterocycles. The summed E-state index contributed by atoms with van der Waals surface area (Å²) >= 11 is 3.46. The number of aryl methyl sites for hydroxylation is 1. The number of carbonyl (C=O) groups excluding carboxylic acids is 1. The number of nitrogens with one attached hydrogen (secondary N) is 1. The minimum Gasteiger partial charge on any atom is -0.375 e. The Hall–Kier alpha value is -0.870.